The molecule has 1 N–H and O–H groups in total. The van der Waals surface area contributed by atoms with E-state index in [4.69, 9.17) is 0 Å². The van der Waals surface area contributed by atoms with Crippen molar-refractivity contribution in [2.24, 2.45) is 5.92 Å². The maximum Gasteiger partial charge on any atom is 0.222 e. The highest BCUT2D eigenvalue weighted by atomic mass is 35.5. The highest BCUT2D eigenvalue weighted by Gasteiger charge is 2.31. The zero-order chi connectivity index (χ0) is 10.7. The average molecular weight is 247 g/mol. The average Bonchev–Trinajstić information content (AvgIpc) is 2.93. The van der Waals surface area contributed by atoms with E-state index in [-0.39, 0.29) is 12.4 Å². The summed E-state index contributed by atoms with van der Waals surface area (Å²) in [5, 5.41) is 3.35. The molecule has 0 spiro atoms. The van der Waals surface area contributed by atoms with Crippen LogP contribution in [0.4, 0.5) is 0 Å². The van der Waals surface area contributed by atoms with Crippen LogP contribution in [0.15, 0.2) is 0 Å². The molecule has 1 aliphatic carbocycles. The fourth-order valence-electron chi connectivity index (χ4n) is 2.46. The molecule has 1 saturated heterocycles. The lowest BCUT2D eigenvalue weighted by molar-refractivity contribution is -0.131. The van der Waals surface area contributed by atoms with E-state index in [0.717, 1.165) is 38.4 Å². The highest BCUT2D eigenvalue weighted by molar-refractivity contribution is 5.85. The summed E-state index contributed by atoms with van der Waals surface area (Å²) in [4.78, 5) is 14.0. The summed E-state index contributed by atoms with van der Waals surface area (Å²) in [7, 11) is 0. The third-order valence-electron chi connectivity index (χ3n) is 3.58. The molecule has 2 aliphatic rings. The molecule has 1 amide bonds. The summed E-state index contributed by atoms with van der Waals surface area (Å²) in [5.41, 5.74) is 0. The standard InChI is InChI=1S/C12H22N2O.ClH/c1-2-14(11-4-5-11)12(15)6-3-10-7-8-13-9-10;/h10-11,13H,2-9H2,1H3;1H. The number of nitrogens with one attached hydrogen (secondary N) is 1. The number of nitrogens with zero attached hydrogens (tertiary/aromatic N) is 1. The van der Waals surface area contributed by atoms with Gasteiger partial charge in [-0.15, -0.1) is 12.4 Å². The maximum absolute atomic E-state index is 11.9. The molecule has 1 atom stereocenters. The first-order valence-corrected chi connectivity index (χ1v) is 6.31. The molecule has 16 heavy (non-hydrogen) atoms. The van der Waals surface area contributed by atoms with E-state index >= 15 is 0 Å². The summed E-state index contributed by atoms with van der Waals surface area (Å²) in [6.07, 6.45) is 5.55. The first kappa shape index (κ1) is 13.8. The van der Waals surface area contributed by atoms with E-state index in [1.807, 2.05) is 0 Å². The lowest BCUT2D eigenvalue weighted by atomic mass is 10.0. The third kappa shape index (κ3) is 3.63. The van der Waals surface area contributed by atoms with Gasteiger partial charge in [0, 0.05) is 19.0 Å². The van der Waals surface area contributed by atoms with Crippen LogP contribution in [0, 0.1) is 5.92 Å². The van der Waals surface area contributed by atoms with E-state index in [1.165, 1.54) is 19.3 Å². The molecule has 0 aromatic heterocycles. The summed E-state index contributed by atoms with van der Waals surface area (Å²) in [6, 6.07) is 0.587. The van der Waals surface area contributed by atoms with Crippen molar-refractivity contribution in [1.82, 2.24) is 10.2 Å². The number of carbonyl (C=O) groups excluding carboxylic acids is 1. The van der Waals surface area contributed by atoms with Gasteiger partial charge in [-0.05, 0) is 51.6 Å². The molecule has 94 valence electrons. The number of rotatable bonds is 5. The van der Waals surface area contributed by atoms with Gasteiger partial charge in [-0.25, -0.2) is 0 Å². The summed E-state index contributed by atoms with van der Waals surface area (Å²) < 4.78 is 0. The Morgan fingerprint density at radius 2 is 2.12 bits per heavy atom. The monoisotopic (exact) mass is 246 g/mol. The predicted molar refractivity (Wildman–Crippen MR) is 67.9 cm³/mol. The van der Waals surface area contributed by atoms with Crippen LogP contribution in [0.2, 0.25) is 0 Å². The highest BCUT2D eigenvalue weighted by Crippen LogP contribution is 2.27. The number of amides is 1. The SMILES string of the molecule is CCN(C(=O)CCC1CCNC1)C1CC1.Cl. The molecule has 0 radical (unpaired) electrons. The first-order valence-electron chi connectivity index (χ1n) is 6.31. The van der Waals surface area contributed by atoms with Crippen molar-refractivity contribution in [3.05, 3.63) is 0 Å². The second kappa shape index (κ2) is 6.45. The van der Waals surface area contributed by atoms with Crippen molar-refractivity contribution in [3.63, 3.8) is 0 Å². The van der Waals surface area contributed by atoms with Crippen LogP contribution < -0.4 is 5.32 Å². The lowest BCUT2D eigenvalue weighted by Crippen LogP contribution is -2.33. The van der Waals surface area contributed by atoms with Crippen molar-refractivity contribution >= 4 is 18.3 Å². The van der Waals surface area contributed by atoms with Gasteiger partial charge < -0.3 is 10.2 Å². The quantitative estimate of drug-likeness (QED) is 0.803. The van der Waals surface area contributed by atoms with Crippen molar-refractivity contribution in [2.45, 2.75) is 45.1 Å². The van der Waals surface area contributed by atoms with E-state index in [9.17, 15) is 4.79 Å². The Hall–Kier alpha value is -0.280. The van der Waals surface area contributed by atoms with Crippen LogP contribution in [0.3, 0.4) is 0 Å². The molecule has 4 heteroatoms. The van der Waals surface area contributed by atoms with Crippen LogP contribution in [-0.2, 0) is 4.79 Å². The Balaban J connectivity index is 0.00000128. The number of carbonyl (C=O) groups is 1. The minimum absolute atomic E-state index is 0. The largest absolute Gasteiger partial charge is 0.340 e. The second-order valence-corrected chi connectivity index (χ2v) is 4.81. The first-order chi connectivity index (χ1) is 7.31. The van der Waals surface area contributed by atoms with Crippen molar-refractivity contribution in [3.8, 4) is 0 Å². The fraction of sp³-hybridized carbons (Fsp3) is 0.917. The van der Waals surface area contributed by atoms with Crippen LogP contribution in [0.25, 0.3) is 0 Å². The predicted octanol–water partition coefficient (Wildman–Crippen LogP) is 1.81. The normalized spacial score (nSPS) is 23.9. The lowest BCUT2D eigenvalue weighted by Gasteiger charge is -2.21. The minimum Gasteiger partial charge on any atom is -0.340 e. The summed E-state index contributed by atoms with van der Waals surface area (Å²) in [5.74, 6) is 1.12. The maximum atomic E-state index is 11.9. The van der Waals surface area contributed by atoms with Gasteiger partial charge >= 0.3 is 0 Å². The zero-order valence-electron chi connectivity index (χ0n) is 10.1. The van der Waals surface area contributed by atoms with E-state index in [1.54, 1.807) is 0 Å². The van der Waals surface area contributed by atoms with Crippen molar-refractivity contribution in [2.75, 3.05) is 19.6 Å². The molecule has 0 aromatic carbocycles. The Bertz CT molecular complexity index is 225. The topological polar surface area (TPSA) is 32.3 Å². The summed E-state index contributed by atoms with van der Waals surface area (Å²) in [6.45, 7) is 5.24. The molecule has 2 rings (SSSR count). The Labute approximate surface area is 104 Å². The Morgan fingerprint density at radius 1 is 1.38 bits per heavy atom. The van der Waals surface area contributed by atoms with Crippen LogP contribution in [0.5, 0.6) is 0 Å². The molecule has 0 bridgehead atoms. The van der Waals surface area contributed by atoms with Crippen LogP contribution in [0.1, 0.15) is 39.0 Å². The van der Waals surface area contributed by atoms with Crippen LogP contribution >= 0.6 is 12.4 Å². The second-order valence-electron chi connectivity index (χ2n) is 4.81. The molecule has 2 fully saturated rings. The van der Waals surface area contributed by atoms with Gasteiger partial charge in [0.05, 0.1) is 0 Å². The molecular weight excluding hydrogens is 224 g/mol. The molecule has 1 saturated carbocycles. The zero-order valence-corrected chi connectivity index (χ0v) is 10.9. The molecule has 1 heterocycles. The van der Waals surface area contributed by atoms with Gasteiger partial charge in [0.2, 0.25) is 5.91 Å². The molecule has 0 aromatic rings. The van der Waals surface area contributed by atoms with Gasteiger partial charge in [-0.2, -0.15) is 0 Å². The minimum atomic E-state index is 0. The smallest absolute Gasteiger partial charge is 0.222 e. The molecular formula is C12H23ClN2O. The Kier molecular flexibility index (Phi) is 5.56. The Morgan fingerprint density at radius 3 is 2.62 bits per heavy atom. The third-order valence-corrected chi connectivity index (χ3v) is 3.58. The van der Waals surface area contributed by atoms with Crippen LogP contribution in [-0.4, -0.2) is 36.5 Å². The van der Waals surface area contributed by atoms with Gasteiger partial charge in [0.25, 0.3) is 0 Å². The number of hydrogen-bond donors (Lipinski definition) is 1. The fourth-order valence-corrected chi connectivity index (χ4v) is 2.46. The molecule has 3 nitrogen and oxygen atoms in total. The number of hydrogen-bond acceptors (Lipinski definition) is 2. The van der Waals surface area contributed by atoms with E-state index in [2.05, 4.69) is 17.1 Å². The van der Waals surface area contributed by atoms with Crippen molar-refractivity contribution in [1.29, 1.82) is 0 Å². The van der Waals surface area contributed by atoms with E-state index in [0.29, 0.717) is 11.9 Å². The molecule has 1 unspecified atom stereocenters. The van der Waals surface area contributed by atoms with Gasteiger partial charge in [-0.1, -0.05) is 0 Å². The molecule has 1 aliphatic heterocycles. The van der Waals surface area contributed by atoms with Crippen molar-refractivity contribution < 1.29 is 4.79 Å². The van der Waals surface area contributed by atoms with Gasteiger partial charge in [0.15, 0.2) is 0 Å². The van der Waals surface area contributed by atoms with Gasteiger partial charge in [-0.3, -0.25) is 4.79 Å². The van der Waals surface area contributed by atoms with Gasteiger partial charge in [0.1, 0.15) is 0 Å². The number of halogens is 1. The van der Waals surface area contributed by atoms with E-state index < -0.39 is 0 Å². The summed E-state index contributed by atoms with van der Waals surface area (Å²) >= 11 is 0.